The summed E-state index contributed by atoms with van der Waals surface area (Å²) in [5.41, 5.74) is -0.266. The van der Waals surface area contributed by atoms with E-state index in [1.807, 2.05) is 4.90 Å². The first-order valence-electron chi connectivity index (χ1n) is 11.6. The summed E-state index contributed by atoms with van der Waals surface area (Å²) >= 11 is 0. The van der Waals surface area contributed by atoms with Gasteiger partial charge in [0.05, 0.1) is 18.6 Å². The van der Waals surface area contributed by atoms with Crippen molar-refractivity contribution in [3.8, 4) is 0 Å². The molecule has 1 aromatic heterocycles. The van der Waals surface area contributed by atoms with Gasteiger partial charge < -0.3 is 20.1 Å². The Bertz CT molecular complexity index is 839. The molecule has 0 radical (unpaired) electrons. The molecule has 5 rings (SSSR count). The van der Waals surface area contributed by atoms with E-state index in [0.717, 1.165) is 71.4 Å². The molecular formula is C23H32N4O4. The molecule has 4 fully saturated rings. The number of amides is 1. The van der Waals surface area contributed by atoms with Crippen molar-refractivity contribution in [1.82, 2.24) is 15.2 Å². The van der Waals surface area contributed by atoms with Gasteiger partial charge in [0.1, 0.15) is 11.4 Å². The average Bonchev–Trinajstić information content (AvgIpc) is 3.63. The smallest absolute Gasteiger partial charge is 0.339 e. The Balaban J connectivity index is 1.40. The summed E-state index contributed by atoms with van der Waals surface area (Å²) in [4.78, 5) is 34.3. The van der Waals surface area contributed by atoms with E-state index in [1.54, 1.807) is 18.3 Å². The van der Waals surface area contributed by atoms with E-state index in [0.29, 0.717) is 30.4 Å². The van der Waals surface area contributed by atoms with E-state index in [2.05, 4.69) is 15.2 Å². The fraction of sp³-hybridized carbons (Fsp3) is 0.696. The Morgan fingerprint density at radius 3 is 2.71 bits per heavy atom. The van der Waals surface area contributed by atoms with Gasteiger partial charge in [0.2, 0.25) is 5.91 Å². The van der Waals surface area contributed by atoms with Crippen molar-refractivity contribution < 1.29 is 19.4 Å². The van der Waals surface area contributed by atoms with Crippen LogP contribution in [0.25, 0.3) is 0 Å². The first kappa shape index (κ1) is 20.7. The minimum Gasteiger partial charge on any atom is -0.478 e. The van der Waals surface area contributed by atoms with Crippen LogP contribution in [0.3, 0.4) is 0 Å². The highest BCUT2D eigenvalue weighted by molar-refractivity contribution is 5.93. The van der Waals surface area contributed by atoms with Gasteiger partial charge in [-0.25, -0.2) is 9.78 Å². The maximum absolute atomic E-state index is 13.6. The van der Waals surface area contributed by atoms with Gasteiger partial charge in [-0.15, -0.1) is 0 Å². The zero-order valence-corrected chi connectivity index (χ0v) is 18.0. The van der Waals surface area contributed by atoms with Gasteiger partial charge in [-0.05, 0) is 56.6 Å². The van der Waals surface area contributed by atoms with E-state index in [9.17, 15) is 14.7 Å². The number of carbonyl (C=O) groups excluding carboxylic acids is 1. The van der Waals surface area contributed by atoms with Crippen molar-refractivity contribution in [3.05, 3.63) is 23.9 Å². The van der Waals surface area contributed by atoms with Gasteiger partial charge in [0, 0.05) is 44.5 Å². The fourth-order valence-electron chi connectivity index (χ4n) is 5.83. The Morgan fingerprint density at radius 2 is 1.97 bits per heavy atom. The first-order valence-corrected chi connectivity index (χ1v) is 11.6. The van der Waals surface area contributed by atoms with Gasteiger partial charge in [-0.2, -0.15) is 0 Å². The van der Waals surface area contributed by atoms with Crippen LogP contribution in [-0.2, 0) is 9.53 Å². The van der Waals surface area contributed by atoms with Crippen molar-refractivity contribution in [2.75, 3.05) is 44.3 Å². The number of nitrogens with one attached hydrogen (secondary N) is 1. The van der Waals surface area contributed by atoms with Gasteiger partial charge in [-0.3, -0.25) is 9.69 Å². The lowest BCUT2D eigenvalue weighted by Gasteiger charge is -2.53. The van der Waals surface area contributed by atoms with E-state index in [1.165, 1.54) is 0 Å². The number of fused-ring (bicyclic) bond motifs is 1. The van der Waals surface area contributed by atoms with E-state index in [4.69, 9.17) is 4.74 Å². The number of aromatic nitrogens is 1. The quantitative estimate of drug-likeness (QED) is 0.738. The van der Waals surface area contributed by atoms with Crippen LogP contribution in [0.1, 0.15) is 48.9 Å². The molecule has 1 aromatic rings. The molecule has 2 saturated heterocycles. The number of carboxylic acids is 1. The number of hydrogen-bond acceptors (Lipinski definition) is 6. The number of carboxylic acid groups (broad SMARTS) is 1. The standard InChI is InChI=1S/C23H32N4O4/c28-21(29)19-2-1-8-24-20(19)27-9-6-16-14-18(26-10-12-31-13-11-26)5-7-23(16,15-27)22(30)25-17-3-4-17/h1-2,8,16-18H,3-7,9-15H2,(H,25,30)(H,28,29)/t16-,18-,23-/m1/s1. The minimum atomic E-state index is -0.974. The molecular weight excluding hydrogens is 396 g/mol. The highest BCUT2D eigenvalue weighted by Gasteiger charge is 2.53. The largest absolute Gasteiger partial charge is 0.478 e. The molecule has 8 heteroatoms. The molecule has 1 amide bonds. The number of nitrogens with zero attached hydrogens (tertiary/aromatic N) is 3. The molecule has 31 heavy (non-hydrogen) atoms. The highest BCUT2D eigenvalue weighted by Crippen LogP contribution is 2.49. The Labute approximate surface area is 182 Å². The van der Waals surface area contributed by atoms with Crippen molar-refractivity contribution in [2.24, 2.45) is 11.3 Å². The number of carbonyl (C=O) groups is 2. The number of pyridine rings is 1. The summed E-state index contributed by atoms with van der Waals surface area (Å²) in [5.74, 6) is -0.0147. The van der Waals surface area contributed by atoms with Crippen LogP contribution in [0, 0.1) is 11.3 Å². The van der Waals surface area contributed by atoms with E-state index >= 15 is 0 Å². The topological polar surface area (TPSA) is 95.0 Å². The molecule has 3 heterocycles. The first-order chi connectivity index (χ1) is 15.1. The third-order valence-electron chi connectivity index (χ3n) is 7.73. The summed E-state index contributed by atoms with van der Waals surface area (Å²) in [6.45, 7) is 4.81. The lowest BCUT2D eigenvalue weighted by molar-refractivity contribution is -0.139. The van der Waals surface area contributed by atoms with Gasteiger partial charge >= 0.3 is 5.97 Å². The molecule has 2 aliphatic heterocycles. The normalized spacial score (nSPS) is 31.7. The van der Waals surface area contributed by atoms with Crippen LogP contribution in [0.4, 0.5) is 5.82 Å². The predicted molar refractivity (Wildman–Crippen MR) is 115 cm³/mol. The van der Waals surface area contributed by atoms with E-state index < -0.39 is 11.4 Å². The predicted octanol–water partition coefficient (Wildman–Crippen LogP) is 1.76. The summed E-state index contributed by atoms with van der Waals surface area (Å²) in [6.07, 6.45) is 7.51. The van der Waals surface area contributed by atoms with Gasteiger partial charge in [0.25, 0.3) is 0 Å². The van der Waals surface area contributed by atoms with Crippen LogP contribution in [0.5, 0.6) is 0 Å². The number of rotatable bonds is 5. The molecule has 4 aliphatic rings. The van der Waals surface area contributed by atoms with Crippen molar-refractivity contribution in [1.29, 1.82) is 0 Å². The Morgan fingerprint density at radius 1 is 1.16 bits per heavy atom. The molecule has 0 unspecified atom stereocenters. The van der Waals surface area contributed by atoms with Crippen LogP contribution in [0.2, 0.25) is 0 Å². The second-order valence-electron chi connectivity index (χ2n) is 9.57. The number of aromatic carboxylic acids is 1. The second-order valence-corrected chi connectivity index (χ2v) is 9.57. The third-order valence-corrected chi connectivity index (χ3v) is 7.73. The molecule has 168 valence electrons. The molecule has 2 aliphatic carbocycles. The highest BCUT2D eigenvalue weighted by atomic mass is 16.5. The molecule has 2 saturated carbocycles. The number of piperidine rings is 1. The SMILES string of the molecule is O=C(O)c1cccnc1N1CC[C@@H]2C[C@H](N3CCOCC3)CC[C@@]2(C(=O)NC2CC2)C1. The summed E-state index contributed by atoms with van der Waals surface area (Å²) in [7, 11) is 0. The summed E-state index contributed by atoms with van der Waals surface area (Å²) in [5, 5.41) is 12.9. The molecule has 0 aromatic carbocycles. The number of hydrogen-bond donors (Lipinski definition) is 2. The van der Waals surface area contributed by atoms with Crippen molar-refractivity contribution in [3.63, 3.8) is 0 Å². The zero-order chi connectivity index (χ0) is 21.4. The number of morpholine rings is 1. The summed E-state index contributed by atoms with van der Waals surface area (Å²) in [6, 6.07) is 4.08. The molecule has 2 N–H and O–H groups in total. The number of ether oxygens (including phenoxy) is 1. The Hall–Kier alpha value is -2.19. The average molecular weight is 429 g/mol. The number of anilines is 1. The molecule has 3 atom stereocenters. The minimum absolute atomic E-state index is 0.165. The molecule has 0 bridgehead atoms. The Kier molecular flexibility index (Phi) is 5.60. The second kappa shape index (κ2) is 8.39. The lowest BCUT2D eigenvalue weighted by atomic mass is 9.60. The van der Waals surface area contributed by atoms with Crippen molar-refractivity contribution >= 4 is 17.7 Å². The molecule has 8 nitrogen and oxygen atoms in total. The lowest BCUT2D eigenvalue weighted by Crippen LogP contribution is -2.61. The third kappa shape index (κ3) is 4.03. The monoisotopic (exact) mass is 428 g/mol. The van der Waals surface area contributed by atoms with E-state index in [-0.39, 0.29) is 11.5 Å². The maximum atomic E-state index is 13.6. The fourth-order valence-corrected chi connectivity index (χ4v) is 5.83. The van der Waals surface area contributed by atoms with Crippen LogP contribution < -0.4 is 10.2 Å². The van der Waals surface area contributed by atoms with Gasteiger partial charge in [-0.1, -0.05) is 0 Å². The maximum Gasteiger partial charge on any atom is 0.339 e. The summed E-state index contributed by atoms with van der Waals surface area (Å²) < 4.78 is 5.53. The zero-order valence-electron chi connectivity index (χ0n) is 18.0. The molecule has 0 spiro atoms. The van der Waals surface area contributed by atoms with Crippen LogP contribution in [0.15, 0.2) is 18.3 Å². The van der Waals surface area contributed by atoms with Crippen molar-refractivity contribution in [2.45, 2.75) is 50.6 Å². The van der Waals surface area contributed by atoms with Crippen LogP contribution in [-0.4, -0.2) is 78.3 Å². The van der Waals surface area contributed by atoms with Crippen LogP contribution >= 0.6 is 0 Å². The van der Waals surface area contributed by atoms with Gasteiger partial charge in [0.15, 0.2) is 0 Å².